The zero-order valence-corrected chi connectivity index (χ0v) is 19.8. The molecule has 3 heterocycles. The van der Waals surface area contributed by atoms with Gasteiger partial charge in [-0.3, -0.25) is 4.79 Å². The summed E-state index contributed by atoms with van der Waals surface area (Å²) in [4.78, 5) is 19.4. The molecule has 178 valence electrons. The number of sulfonamides is 1. The lowest BCUT2D eigenvalue weighted by Crippen LogP contribution is -2.48. The van der Waals surface area contributed by atoms with E-state index in [0.29, 0.717) is 38.4 Å². The number of nitrogens with zero attached hydrogens (tertiary/aromatic N) is 3. The fourth-order valence-corrected chi connectivity index (χ4v) is 5.63. The third-order valence-corrected chi connectivity index (χ3v) is 7.58. The van der Waals surface area contributed by atoms with Crippen molar-refractivity contribution >= 4 is 21.7 Å². The van der Waals surface area contributed by atoms with E-state index in [0.717, 1.165) is 24.5 Å². The second-order valence-electron chi connectivity index (χ2n) is 8.41. The molecule has 0 radical (unpaired) electrons. The van der Waals surface area contributed by atoms with Crippen molar-refractivity contribution in [2.45, 2.75) is 37.5 Å². The molecule has 2 unspecified atom stereocenters. The fraction of sp³-hybridized carbons (Fsp3) is 0.478. The van der Waals surface area contributed by atoms with Gasteiger partial charge in [0.2, 0.25) is 10.0 Å². The molecule has 1 aromatic heterocycles. The minimum absolute atomic E-state index is 0.161. The predicted octanol–water partition coefficient (Wildman–Crippen LogP) is 1.65. The van der Waals surface area contributed by atoms with Crippen LogP contribution >= 0.6 is 0 Å². The van der Waals surface area contributed by atoms with Crippen LogP contribution in [0.1, 0.15) is 29.8 Å². The number of hydrogen-bond acceptors (Lipinski definition) is 7. The number of ether oxygens (including phenoxy) is 2. The predicted molar refractivity (Wildman–Crippen MR) is 124 cm³/mol. The van der Waals surface area contributed by atoms with Gasteiger partial charge in [-0.25, -0.2) is 13.4 Å². The van der Waals surface area contributed by atoms with Gasteiger partial charge >= 0.3 is 0 Å². The zero-order chi connectivity index (χ0) is 23.4. The molecule has 2 fully saturated rings. The highest BCUT2D eigenvalue weighted by atomic mass is 32.2. The minimum atomic E-state index is -3.64. The molecule has 1 amide bonds. The molecule has 2 atom stereocenters. The Bertz CT molecular complexity index is 1040. The first-order chi connectivity index (χ1) is 15.8. The number of carbonyl (C=O) groups excluding carboxylic acids is 1. The lowest BCUT2D eigenvalue weighted by Gasteiger charge is -2.34. The number of aromatic nitrogens is 1. The van der Waals surface area contributed by atoms with E-state index in [4.69, 9.17) is 9.47 Å². The first-order valence-electron chi connectivity index (χ1n) is 11.1. The van der Waals surface area contributed by atoms with Crippen molar-refractivity contribution in [3.05, 3.63) is 53.7 Å². The van der Waals surface area contributed by atoms with Gasteiger partial charge in [0, 0.05) is 44.5 Å². The second kappa shape index (κ2) is 10.2. The number of benzene rings is 1. The van der Waals surface area contributed by atoms with Crippen LogP contribution in [-0.2, 0) is 26.0 Å². The Morgan fingerprint density at radius 2 is 1.73 bits per heavy atom. The molecule has 9 nitrogen and oxygen atoms in total. The molecule has 33 heavy (non-hydrogen) atoms. The number of carbonyl (C=O) groups is 1. The summed E-state index contributed by atoms with van der Waals surface area (Å²) in [5.74, 6) is 0.624. The van der Waals surface area contributed by atoms with Gasteiger partial charge in [0.05, 0.1) is 30.3 Å². The summed E-state index contributed by atoms with van der Waals surface area (Å²) in [5.41, 5.74) is 1.28. The summed E-state index contributed by atoms with van der Waals surface area (Å²) in [6.07, 6.45) is 1.43. The largest absolute Gasteiger partial charge is 0.378 e. The number of anilines is 1. The van der Waals surface area contributed by atoms with Crippen LogP contribution in [0, 0.1) is 0 Å². The topological polar surface area (TPSA) is 101 Å². The van der Waals surface area contributed by atoms with Gasteiger partial charge in [-0.1, -0.05) is 6.07 Å². The molecule has 0 aliphatic carbocycles. The maximum absolute atomic E-state index is 13.0. The number of morpholine rings is 2. The highest BCUT2D eigenvalue weighted by molar-refractivity contribution is 7.89. The van der Waals surface area contributed by atoms with E-state index in [1.807, 2.05) is 26.0 Å². The smallest absolute Gasteiger partial charge is 0.251 e. The number of pyridine rings is 1. The van der Waals surface area contributed by atoms with Crippen LogP contribution in [0.25, 0.3) is 0 Å². The summed E-state index contributed by atoms with van der Waals surface area (Å²) in [6, 6.07) is 9.92. The van der Waals surface area contributed by atoms with Crippen LogP contribution in [0.3, 0.4) is 0 Å². The standard InChI is InChI=1S/C23H30N4O5S/c1-17-15-27(16-18(2)32-17)33(29,30)21-6-4-20(5-7-21)23(28)25-14-19-3-8-22(24-13-19)26-9-11-31-12-10-26/h3-8,13,17-18H,9-12,14-16H2,1-2H3,(H,25,28). The van der Waals surface area contributed by atoms with Crippen molar-refractivity contribution in [2.24, 2.45) is 0 Å². The molecule has 1 aromatic carbocycles. The van der Waals surface area contributed by atoms with E-state index in [9.17, 15) is 13.2 Å². The molecule has 2 saturated heterocycles. The molecule has 1 N–H and O–H groups in total. The van der Waals surface area contributed by atoms with Crippen LogP contribution in [-0.4, -0.2) is 75.2 Å². The van der Waals surface area contributed by atoms with Gasteiger partial charge < -0.3 is 19.7 Å². The number of rotatable bonds is 6. The molecule has 2 aliphatic rings. The Morgan fingerprint density at radius 1 is 1.06 bits per heavy atom. The summed E-state index contributed by atoms with van der Waals surface area (Å²) in [7, 11) is -3.64. The number of hydrogen-bond donors (Lipinski definition) is 1. The third-order valence-electron chi connectivity index (χ3n) is 5.74. The van der Waals surface area contributed by atoms with Crippen molar-refractivity contribution in [1.29, 1.82) is 0 Å². The fourth-order valence-electron chi connectivity index (χ4n) is 4.04. The molecule has 10 heteroatoms. The first kappa shape index (κ1) is 23.6. The van der Waals surface area contributed by atoms with E-state index < -0.39 is 10.0 Å². The Labute approximate surface area is 194 Å². The summed E-state index contributed by atoms with van der Waals surface area (Å²) in [6.45, 7) is 7.71. The third kappa shape index (κ3) is 5.70. The van der Waals surface area contributed by atoms with Crippen LogP contribution < -0.4 is 10.2 Å². The Morgan fingerprint density at radius 3 is 2.33 bits per heavy atom. The van der Waals surface area contributed by atoms with Gasteiger partial charge in [-0.2, -0.15) is 4.31 Å². The Hall–Kier alpha value is -2.53. The SMILES string of the molecule is CC1CN(S(=O)(=O)c2ccc(C(=O)NCc3ccc(N4CCOCC4)nc3)cc2)CC(C)O1. The monoisotopic (exact) mass is 474 g/mol. The van der Waals surface area contributed by atoms with Gasteiger partial charge in [-0.15, -0.1) is 0 Å². The highest BCUT2D eigenvalue weighted by Gasteiger charge is 2.32. The van der Waals surface area contributed by atoms with Crippen LogP contribution in [0.15, 0.2) is 47.5 Å². The molecule has 2 aliphatic heterocycles. The Kier molecular flexibility index (Phi) is 7.28. The molecular formula is C23H30N4O5S. The van der Waals surface area contributed by atoms with Crippen LogP contribution in [0.2, 0.25) is 0 Å². The average molecular weight is 475 g/mol. The molecule has 0 saturated carbocycles. The van der Waals surface area contributed by atoms with Crippen molar-refractivity contribution in [2.75, 3.05) is 44.3 Å². The summed E-state index contributed by atoms with van der Waals surface area (Å²) >= 11 is 0. The number of nitrogens with one attached hydrogen (secondary N) is 1. The highest BCUT2D eigenvalue weighted by Crippen LogP contribution is 2.21. The van der Waals surface area contributed by atoms with Crippen molar-refractivity contribution in [3.8, 4) is 0 Å². The van der Waals surface area contributed by atoms with E-state index in [1.54, 1.807) is 6.20 Å². The van der Waals surface area contributed by atoms with E-state index >= 15 is 0 Å². The maximum Gasteiger partial charge on any atom is 0.251 e. The molecule has 2 aromatic rings. The zero-order valence-electron chi connectivity index (χ0n) is 18.9. The molecule has 0 bridgehead atoms. The second-order valence-corrected chi connectivity index (χ2v) is 10.3. The molecule has 4 rings (SSSR count). The lowest BCUT2D eigenvalue weighted by atomic mass is 10.2. The maximum atomic E-state index is 13.0. The van der Waals surface area contributed by atoms with Crippen molar-refractivity contribution in [3.63, 3.8) is 0 Å². The Balaban J connectivity index is 1.34. The van der Waals surface area contributed by atoms with Gasteiger partial charge in [0.15, 0.2) is 0 Å². The van der Waals surface area contributed by atoms with E-state index in [1.165, 1.54) is 28.6 Å². The van der Waals surface area contributed by atoms with Gasteiger partial charge in [0.1, 0.15) is 5.82 Å². The quantitative estimate of drug-likeness (QED) is 0.679. The van der Waals surface area contributed by atoms with Crippen molar-refractivity contribution < 1.29 is 22.7 Å². The van der Waals surface area contributed by atoms with Gasteiger partial charge in [0.25, 0.3) is 5.91 Å². The van der Waals surface area contributed by atoms with Crippen molar-refractivity contribution in [1.82, 2.24) is 14.6 Å². The molecular weight excluding hydrogens is 444 g/mol. The molecule has 0 spiro atoms. The minimum Gasteiger partial charge on any atom is -0.378 e. The number of amides is 1. The van der Waals surface area contributed by atoms with Crippen LogP contribution in [0.4, 0.5) is 5.82 Å². The van der Waals surface area contributed by atoms with Crippen LogP contribution in [0.5, 0.6) is 0 Å². The van der Waals surface area contributed by atoms with E-state index in [-0.39, 0.29) is 23.0 Å². The summed E-state index contributed by atoms with van der Waals surface area (Å²) in [5, 5.41) is 2.86. The van der Waals surface area contributed by atoms with Gasteiger partial charge in [-0.05, 0) is 49.7 Å². The summed E-state index contributed by atoms with van der Waals surface area (Å²) < 4.78 is 38.4. The lowest BCUT2D eigenvalue weighted by molar-refractivity contribution is -0.0440. The normalized spacial score (nSPS) is 22.2. The average Bonchev–Trinajstić information content (AvgIpc) is 2.83. The first-order valence-corrected chi connectivity index (χ1v) is 12.6. The van der Waals surface area contributed by atoms with E-state index in [2.05, 4.69) is 15.2 Å².